The van der Waals surface area contributed by atoms with Crippen LogP contribution < -0.4 is 15.6 Å². The number of rotatable bonds is 11. The molecule has 0 radical (unpaired) electrons. The first-order valence-corrected chi connectivity index (χ1v) is 11.1. The van der Waals surface area contributed by atoms with Crippen molar-refractivity contribution in [1.29, 1.82) is 0 Å². The van der Waals surface area contributed by atoms with E-state index in [1.165, 1.54) is 6.07 Å². The van der Waals surface area contributed by atoms with Crippen molar-refractivity contribution in [3.63, 3.8) is 0 Å². The zero-order valence-corrected chi connectivity index (χ0v) is 19.4. The number of pyridine rings is 1. The highest BCUT2D eigenvalue weighted by Gasteiger charge is 2.11. The Balaban J connectivity index is 1.81. The molecular formula is C24H29ClN4O3. The zero-order valence-electron chi connectivity index (χ0n) is 18.7. The molecule has 0 fully saturated rings. The van der Waals surface area contributed by atoms with Crippen molar-refractivity contribution >= 4 is 11.6 Å². The summed E-state index contributed by atoms with van der Waals surface area (Å²) in [5.74, 6) is 1.47. The molecule has 8 heteroatoms. The first-order chi connectivity index (χ1) is 15.5. The van der Waals surface area contributed by atoms with E-state index < -0.39 is 0 Å². The molecule has 0 aliphatic heterocycles. The highest BCUT2D eigenvalue weighted by atomic mass is 35.5. The standard InChI is InChI=1S/C24H29ClN4O3/c1-4-31-9-10-32-23-8-6-18(15-27-23)21-12-22(30)29-24(28-21)19-11-17(5-7-20(19)25)14-26-13-16(2)3/h5-8,11-12,15-16,26H,4,9-10,13-14H2,1-3H3,(H,28,29,30). The molecule has 0 aliphatic rings. The molecule has 0 atom stereocenters. The van der Waals surface area contributed by atoms with E-state index in [-0.39, 0.29) is 5.56 Å². The third kappa shape index (κ3) is 6.88. The largest absolute Gasteiger partial charge is 0.475 e. The van der Waals surface area contributed by atoms with Crippen LogP contribution in [0.2, 0.25) is 5.02 Å². The maximum atomic E-state index is 12.4. The second kappa shape index (κ2) is 11.8. The number of benzene rings is 1. The van der Waals surface area contributed by atoms with Crippen LogP contribution in [0.4, 0.5) is 0 Å². The van der Waals surface area contributed by atoms with Crippen molar-refractivity contribution in [2.24, 2.45) is 5.92 Å². The number of ether oxygens (including phenoxy) is 2. The quantitative estimate of drug-likeness (QED) is 0.418. The van der Waals surface area contributed by atoms with Crippen LogP contribution in [0.15, 0.2) is 47.4 Å². The first-order valence-electron chi connectivity index (χ1n) is 10.7. The van der Waals surface area contributed by atoms with Gasteiger partial charge < -0.3 is 19.8 Å². The molecule has 0 amide bonds. The molecule has 2 heterocycles. The fourth-order valence-electron chi connectivity index (χ4n) is 3.07. The predicted octanol–water partition coefficient (Wildman–Crippen LogP) is 4.31. The molecule has 7 nitrogen and oxygen atoms in total. The molecule has 32 heavy (non-hydrogen) atoms. The van der Waals surface area contributed by atoms with E-state index in [9.17, 15) is 4.79 Å². The van der Waals surface area contributed by atoms with E-state index in [4.69, 9.17) is 21.1 Å². The van der Waals surface area contributed by atoms with Gasteiger partial charge in [0.1, 0.15) is 12.4 Å². The third-order valence-electron chi connectivity index (χ3n) is 4.62. The van der Waals surface area contributed by atoms with E-state index in [2.05, 4.69) is 34.1 Å². The summed E-state index contributed by atoms with van der Waals surface area (Å²) in [5.41, 5.74) is 2.70. The van der Waals surface area contributed by atoms with Gasteiger partial charge in [-0.15, -0.1) is 0 Å². The number of aromatic amines is 1. The molecule has 170 valence electrons. The summed E-state index contributed by atoms with van der Waals surface area (Å²) >= 11 is 6.44. The van der Waals surface area contributed by atoms with Gasteiger partial charge in [-0.05, 0) is 43.1 Å². The monoisotopic (exact) mass is 456 g/mol. The Kier molecular flexibility index (Phi) is 8.79. The van der Waals surface area contributed by atoms with E-state index in [1.54, 1.807) is 12.3 Å². The Morgan fingerprint density at radius 1 is 1.16 bits per heavy atom. The minimum atomic E-state index is -0.263. The molecule has 0 saturated heterocycles. The zero-order chi connectivity index (χ0) is 22.9. The van der Waals surface area contributed by atoms with Crippen LogP contribution in [0, 0.1) is 5.92 Å². The van der Waals surface area contributed by atoms with Gasteiger partial charge >= 0.3 is 0 Å². The summed E-state index contributed by atoms with van der Waals surface area (Å²) in [6, 6.07) is 10.8. The van der Waals surface area contributed by atoms with Gasteiger partial charge in [0.15, 0.2) is 0 Å². The Labute approximate surface area is 193 Å². The van der Waals surface area contributed by atoms with Crippen LogP contribution in [0.25, 0.3) is 22.6 Å². The number of aromatic nitrogens is 3. The SMILES string of the molecule is CCOCCOc1ccc(-c2cc(=O)[nH]c(-c3cc(CNCC(C)C)ccc3Cl)n2)cn1. The Hall–Kier alpha value is -2.74. The van der Waals surface area contributed by atoms with Gasteiger partial charge in [0.05, 0.1) is 17.3 Å². The average Bonchev–Trinajstić information content (AvgIpc) is 2.77. The van der Waals surface area contributed by atoms with Crippen molar-refractivity contribution in [3.8, 4) is 28.5 Å². The summed E-state index contributed by atoms with van der Waals surface area (Å²) in [6.45, 7) is 9.46. The van der Waals surface area contributed by atoms with Gasteiger partial charge in [-0.2, -0.15) is 0 Å². The number of hydrogen-bond donors (Lipinski definition) is 2. The van der Waals surface area contributed by atoms with E-state index in [1.807, 2.05) is 31.2 Å². The maximum Gasteiger partial charge on any atom is 0.251 e. The number of H-pyrrole nitrogens is 1. The lowest BCUT2D eigenvalue weighted by Crippen LogP contribution is -2.19. The molecule has 2 N–H and O–H groups in total. The van der Waals surface area contributed by atoms with E-state index in [0.29, 0.717) is 65.8 Å². The average molecular weight is 457 g/mol. The topological polar surface area (TPSA) is 89.1 Å². The smallest absolute Gasteiger partial charge is 0.251 e. The van der Waals surface area contributed by atoms with Gasteiger partial charge in [-0.3, -0.25) is 4.79 Å². The van der Waals surface area contributed by atoms with Gasteiger partial charge in [-0.25, -0.2) is 9.97 Å². The molecule has 0 unspecified atom stereocenters. The first kappa shape index (κ1) is 23.9. The molecule has 0 saturated carbocycles. The van der Waals surface area contributed by atoms with Crippen LogP contribution in [0.3, 0.4) is 0 Å². The summed E-state index contributed by atoms with van der Waals surface area (Å²) in [5, 5.41) is 3.93. The minimum Gasteiger partial charge on any atom is -0.475 e. The second-order valence-electron chi connectivity index (χ2n) is 7.75. The molecule has 0 bridgehead atoms. The predicted molar refractivity (Wildman–Crippen MR) is 127 cm³/mol. The Morgan fingerprint density at radius 3 is 2.72 bits per heavy atom. The van der Waals surface area contributed by atoms with Gasteiger partial charge in [-0.1, -0.05) is 31.5 Å². The number of nitrogens with zero attached hydrogens (tertiary/aromatic N) is 2. The lowest BCUT2D eigenvalue weighted by molar-refractivity contribution is 0.108. The van der Waals surface area contributed by atoms with E-state index in [0.717, 1.165) is 12.1 Å². The second-order valence-corrected chi connectivity index (χ2v) is 8.16. The van der Waals surface area contributed by atoms with Crippen molar-refractivity contribution < 1.29 is 9.47 Å². The molecule has 0 spiro atoms. The lowest BCUT2D eigenvalue weighted by atomic mass is 10.1. The molecule has 0 aliphatic carbocycles. The molecule has 2 aromatic heterocycles. The van der Waals surface area contributed by atoms with Crippen LogP contribution in [-0.4, -0.2) is 41.3 Å². The summed E-state index contributed by atoms with van der Waals surface area (Å²) < 4.78 is 10.8. The lowest BCUT2D eigenvalue weighted by Gasteiger charge is -2.11. The molecule has 3 aromatic rings. The fraction of sp³-hybridized carbons (Fsp3) is 0.375. The summed E-state index contributed by atoms with van der Waals surface area (Å²) in [4.78, 5) is 24.1. The van der Waals surface area contributed by atoms with Crippen LogP contribution in [-0.2, 0) is 11.3 Å². The molecule has 1 aromatic carbocycles. The Bertz CT molecular complexity index is 1070. The normalized spacial score (nSPS) is 11.2. The number of hydrogen-bond acceptors (Lipinski definition) is 6. The van der Waals surface area contributed by atoms with Crippen LogP contribution in [0.1, 0.15) is 26.3 Å². The van der Waals surface area contributed by atoms with Crippen molar-refractivity contribution in [3.05, 3.63) is 63.5 Å². The van der Waals surface area contributed by atoms with Crippen molar-refractivity contribution in [2.45, 2.75) is 27.3 Å². The minimum absolute atomic E-state index is 0.263. The van der Waals surface area contributed by atoms with Crippen LogP contribution in [0.5, 0.6) is 5.88 Å². The molecule has 3 rings (SSSR count). The molecular weight excluding hydrogens is 428 g/mol. The Morgan fingerprint density at radius 2 is 2.00 bits per heavy atom. The highest BCUT2D eigenvalue weighted by molar-refractivity contribution is 6.33. The van der Waals surface area contributed by atoms with Gasteiger partial charge in [0.25, 0.3) is 5.56 Å². The van der Waals surface area contributed by atoms with Crippen LogP contribution >= 0.6 is 11.6 Å². The summed E-state index contributed by atoms with van der Waals surface area (Å²) in [6.07, 6.45) is 1.63. The van der Waals surface area contributed by atoms with Gasteiger partial charge in [0.2, 0.25) is 5.88 Å². The third-order valence-corrected chi connectivity index (χ3v) is 4.95. The fourth-order valence-corrected chi connectivity index (χ4v) is 3.28. The number of halogens is 1. The van der Waals surface area contributed by atoms with Gasteiger partial charge in [0, 0.05) is 42.6 Å². The highest BCUT2D eigenvalue weighted by Crippen LogP contribution is 2.27. The summed E-state index contributed by atoms with van der Waals surface area (Å²) in [7, 11) is 0. The van der Waals surface area contributed by atoms with Crippen molar-refractivity contribution in [1.82, 2.24) is 20.3 Å². The van der Waals surface area contributed by atoms with E-state index >= 15 is 0 Å². The number of nitrogens with one attached hydrogen (secondary N) is 2. The van der Waals surface area contributed by atoms with Crippen molar-refractivity contribution in [2.75, 3.05) is 26.4 Å². The maximum absolute atomic E-state index is 12.4.